The normalized spacial score (nSPS) is 11.6. The summed E-state index contributed by atoms with van der Waals surface area (Å²) in [6.07, 6.45) is 7.47. The molecule has 35 heavy (non-hydrogen) atoms. The Morgan fingerprint density at radius 1 is 0.971 bits per heavy atom. The summed E-state index contributed by atoms with van der Waals surface area (Å²) in [5.74, 6) is -2.60. The van der Waals surface area contributed by atoms with Gasteiger partial charge < -0.3 is 19.9 Å². The van der Waals surface area contributed by atoms with Gasteiger partial charge in [0.05, 0.1) is 27.2 Å². The number of halogens is 1. The molecule has 0 saturated heterocycles. The highest BCUT2D eigenvalue weighted by atomic mass is 35.5. The van der Waals surface area contributed by atoms with E-state index in [4.69, 9.17) is 21.4 Å². The molecule has 174 valence electrons. The third kappa shape index (κ3) is 5.31. The number of carboxylic acids is 2. The van der Waals surface area contributed by atoms with Gasteiger partial charge in [-0.15, -0.1) is 0 Å². The van der Waals surface area contributed by atoms with E-state index in [0.29, 0.717) is 16.1 Å². The number of nitrogens with zero attached hydrogens (tertiary/aromatic N) is 1. The molecule has 3 N–H and O–H groups in total. The molecule has 0 bridgehead atoms. The topological polar surface area (TPSA) is 113 Å². The number of rotatable bonds is 8. The summed E-state index contributed by atoms with van der Waals surface area (Å²) in [6, 6.07) is 17.1. The molecule has 0 fully saturated rings. The molecule has 1 heterocycles. The number of ether oxygens (including phenoxy) is 1. The van der Waals surface area contributed by atoms with E-state index in [1.165, 1.54) is 12.1 Å². The highest BCUT2D eigenvalue weighted by Gasteiger charge is 2.18. The van der Waals surface area contributed by atoms with Crippen molar-refractivity contribution in [1.82, 2.24) is 9.97 Å². The minimum absolute atomic E-state index is 0.0979. The average Bonchev–Trinajstić information content (AvgIpc) is 3.22. The van der Waals surface area contributed by atoms with Crippen LogP contribution < -0.4 is 4.74 Å². The number of imidazole rings is 1. The van der Waals surface area contributed by atoms with Crippen LogP contribution in [-0.2, 0) is 0 Å². The lowest BCUT2D eigenvalue weighted by molar-refractivity contribution is 0.0651. The van der Waals surface area contributed by atoms with E-state index >= 15 is 0 Å². The van der Waals surface area contributed by atoms with Crippen molar-refractivity contribution in [2.45, 2.75) is 0 Å². The molecule has 4 rings (SSSR count). The van der Waals surface area contributed by atoms with Gasteiger partial charge in [-0.05, 0) is 41.5 Å². The first kappa shape index (κ1) is 23.5. The second kappa shape index (κ2) is 10.1. The van der Waals surface area contributed by atoms with E-state index in [1.807, 2.05) is 48.6 Å². The molecule has 3 aromatic carbocycles. The first-order valence-electron chi connectivity index (χ1n) is 10.4. The van der Waals surface area contributed by atoms with Crippen LogP contribution in [0.15, 0.2) is 85.5 Å². The fourth-order valence-corrected chi connectivity index (χ4v) is 3.71. The summed E-state index contributed by atoms with van der Waals surface area (Å²) in [5.41, 5.74) is 3.04. The zero-order valence-electron chi connectivity index (χ0n) is 18.2. The lowest BCUT2D eigenvalue weighted by Gasteiger charge is -2.05. The van der Waals surface area contributed by atoms with E-state index in [-0.39, 0.29) is 22.9 Å². The SMILES string of the molecule is C=C/C(=C\C=C\c1ccccc1)c1cc2nc(Oc3ccc(C(=O)O)c(C(=O)O)c3)[nH]c2cc1Cl. The van der Waals surface area contributed by atoms with Gasteiger partial charge in [0, 0.05) is 5.56 Å². The van der Waals surface area contributed by atoms with E-state index < -0.39 is 11.9 Å². The number of benzene rings is 3. The standard InChI is InChI=1S/C27H19ClN2O5/c1-2-17(10-6-9-16-7-4-3-5-8-16)20-14-23-24(15-22(20)28)30-27(29-23)35-18-11-12-19(25(31)32)21(13-18)26(33)34/h2-15H,1H2,(H,29,30)(H,31,32)(H,33,34)/b9-6+,17-10+. The van der Waals surface area contributed by atoms with Gasteiger partial charge in [-0.25, -0.2) is 9.59 Å². The first-order valence-corrected chi connectivity index (χ1v) is 10.8. The Balaban J connectivity index is 1.63. The van der Waals surface area contributed by atoms with Crippen LogP contribution in [0.1, 0.15) is 31.8 Å². The molecule has 0 spiro atoms. The van der Waals surface area contributed by atoms with Gasteiger partial charge in [0.2, 0.25) is 0 Å². The van der Waals surface area contributed by atoms with Gasteiger partial charge >= 0.3 is 11.9 Å². The van der Waals surface area contributed by atoms with Gasteiger partial charge in [0.25, 0.3) is 6.01 Å². The van der Waals surface area contributed by atoms with Gasteiger partial charge in [-0.1, -0.05) is 72.8 Å². The molecule has 0 saturated carbocycles. The summed E-state index contributed by atoms with van der Waals surface area (Å²) in [7, 11) is 0. The second-order valence-electron chi connectivity index (χ2n) is 7.41. The first-order chi connectivity index (χ1) is 16.9. The van der Waals surface area contributed by atoms with Crippen LogP contribution >= 0.6 is 11.6 Å². The predicted octanol–water partition coefficient (Wildman–Crippen LogP) is 6.69. The maximum Gasteiger partial charge on any atom is 0.336 e. The molecule has 0 radical (unpaired) electrons. The van der Waals surface area contributed by atoms with Gasteiger partial charge in [-0.2, -0.15) is 4.98 Å². The third-order valence-corrected chi connectivity index (χ3v) is 5.42. The molecule has 0 aliphatic carbocycles. The van der Waals surface area contributed by atoms with Crippen molar-refractivity contribution in [3.05, 3.63) is 113 Å². The minimum Gasteiger partial charge on any atom is -0.478 e. The average molecular weight is 487 g/mol. The van der Waals surface area contributed by atoms with Crippen molar-refractivity contribution in [3.63, 3.8) is 0 Å². The summed E-state index contributed by atoms with van der Waals surface area (Å²) in [5, 5.41) is 19.0. The predicted molar refractivity (Wildman–Crippen MR) is 135 cm³/mol. The summed E-state index contributed by atoms with van der Waals surface area (Å²) in [4.78, 5) is 30.0. The summed E-state index contributed by atoms with van der Waals surface area (Å²) >= 11 is 6.52. The highest BCUT2D eigenvalue weighted by molar-refractivity contribution is 6.33. The zero-order valence-corrected chi connectivity index (χ0v) is 19.0. The number of aromatic carboxylic acids is 2. The maximum atomic E-state index is 11.4. The van der Waals surface area contributed by atoms with Crippen LogP contribution in [0.5, 0.6) is 11.8 Å². The lowest BCUT2D eigenvalue weighted by Crippen LogP contribution is -2.08. The fraction of sp³-hybridized carbons (Fsp3) is 0. The molecular weight excluding hydrogens is 468 g/mol. The number of aromatic amines is 1. The Morgan fingerprint density at radius 3 is 2.40 bits per heavy atom. The van der Waals surface area contributed by atoms with Gasteiger partial charge in [0.1, 0.15) is 5.75 Å². The maximum absolute atomic E-state index is 11.4. The molecule has 8 heteroatoms. The number of nitrogens with one attached hydrogen (secondary N) is 1. The smallest absolute Gasteiger partial charge is 0.336 e. The molecule has 1 aromatic heterocycles. The lowest BCUT2D eigenvalue weighted by atomic mass is 10.0. The van der Waals surface area contributed by atoms with Crippen molar-refractivity contribution >= 4 is 46.2 Å². The van der Waals surface area contributed by atoms with Crippen molar-refractivity contribution < 1.29 is 24.5 Å². The number of carboxylic acid groups (broad SMARTS) is 2. The van der Waals surface area contributed by atoms with E-state index in [9.17, 15) is 14.7 Å². The van der Waals surface area contributed by atoms with Crippen LogP contribution in [0.4, 0.5) is 0 Å². The molecule has 0 aliphatic heterocycles. The zero-order chi connectivity index (χ0) is 24.9. The quantitative estimate of drug-likeness (QED) is 0.239. The molecule has 0 amide bonds. The monoisotopic (exact) mass is 486 g/mol. The van der Waals surface area contributed by atoms with Gasteiger partial charge in [0.15, 0.2) is 0 Å². The number of hydrogen-bond donors (Lipinski definition) is 3. The fourth-order valence-electron chi connectivity index (χ4n) is 3.43. The molecule has 7 nitrogen and oxygen atoms in total. The van der Waals surface area contributed by atoms with Crippen molar-refractivity contribution in [2.24, 2.45) is 0 Å². The molecule has 0 atom stereocenters. The minimum atomic E-state index is -1.38. The molecule has 0 aliphatic rings. The van der Waals surface area contributed by atoms with Crippen molar-refractivity contribution in [1.29, 1.82) is 0 Å². The Bertz CT molecular complexity index is 1500. The third-order valence-electron chi connectivity index (χ3n) is 5.11. The number of carbonyl (C=O) groups is 2. The van der Waals surface area contributed by atoms with E-state index in [1.54, 1.807) is 18.2 Å². The van der Waals surface area contributed by atoms with Crippen molar-refractivity contribution in [2.75, 3.05) is 0 Å². The Hall–Kier alpha value is -4.62. The number of aromatic nitrogens is 2. The van der Waals surface area contributed by atoms with E-state index in [2.05, 4.69) is 16.5 Å². The Kier molecular flexibility index (Phi) is 6.80. The number of fused-ring (bicyclic) bond motifs is 1. The molecular formula is C27H19ClN2O5. The number of hydrogen-bond acceptors (Lipinski definition) is 4. The Morgan fingerprint density at radius 2 is 1.71 bits per heavy atom. The summed E-state index contributed by atoms with van der Waals surface area (Å²) in [6.45, 7) is 3.88. The molecule has 0 unspecified atom stereocenters. The van der Waals surface area contributed by atoms with Crippen LogP contribution in [-0.4, -0.2) is 32.1 Å². The van der Waals surface area contributed by atoms with Crippen LogP contribution in [0, 0.1) is 0 Å². The van der Waals surface area contributed by atoms with Crippen LogP contribution in [0.25, 0.3) is 22.7 Å². The van der Waals surface area contributed by atoms with Crippen LogP contribution in [0.2, 0.25) is 5.02 Å². The molecule has 4 aromatic rings. The van der Waals surface area contributed by atoms with Crippen LogP contribution in [0.3, 0.4) is 0 Å². The Labute approximate surface area is 205 Å². The second-order valence-corrected chi connectivity index (χ2v) is 7.81. The number of allylic oxidation sites excluding steroid dienone is 4. The number of H-pyrrole nitrogens is 1. The summed E-state index contributed by atoms with van der Waals surface area (Å²) < 4.78 is 5.66. The largest absolute Gasteiger partial charge is 0.478 e. The van der Waals surface area contributed by atoms with Gasteiger partial charge in [-0.3, -0.25) is 0 Å². The van der Waals surface area contributed by atoms with Crippen molar-refractivity contribution in [3.8, 4) is 11.8 Å². The highest BCUT2D eigenvalue weighted by Crippen LogP contribution is 2.31. The van der Waals surface area contributed by atoms with E-state index in [0.717, 1.165) is 22.8 Å².